The van der Waals surface area contributed by atoms with Crippen molar-refractivity contribution in [3.63, 3.8) is 0 Å². The quantitative estimate of drug-likeness (QED) is 0.866. The SMILES string of the molecule is Cc1c(C(=O)N2C[C@H]3CC[C@@H](Oc4cccnc4)[C@H]3C2)cnn1C. The second-order valence-electron chi connectivity index (χ2n) is 6.82. The van der Waals surface area contributed by atoms with Crippen molar-refractivity contribution in [3.8, 4) is 5.75 Å². The number of nitrogens with zero attached hydrogens (tertiary/aromatic N) is 4. The second-order valence-corrected chi connectivity index (χ2v) is 6.82. The largest absolute Gasteiger partial charge is 0.488 e. The zero-order chi connectivity index (χ0) is 16.7. The molecule has 0 N–H and O–H groups in total. The molecule has 6 nitrogen and oxygen atoms in total. The summed E-state index contributed by atoms with van der Waals surface area (Å²) in [6.07, 6.45) is 7.52. The van der Waals surface area contributed by atoms with Gasteiger partial charge in [-0.15, -0.1) is 0 Å². The predicted octanol–water partition coefficient (Wildman–Crippen LogP) is 2.05. The van der Waals surface area contributed by atoms with Crippen molar-refractivity contribution >= 4 is 5.91 Å². The zero-order valence-electron chi connectivity index (χ0n) is 14.1. The van der Waals surface area contributed by atoms with Crippen LogP contribution in [-0.2, 0) is 7.05 Å². The first-order chi connectivity index (χ1) is 11.6. The Balaban J connectivity index is 1.46. The van der Waals surface area contributed by atoms with Crippen LogP contribution in [0.5, 0.6) is 5.75 Å². The van der Waals surface area contributed by atoms with E-state index in [0.717, 1.165) is 37.4 Å². The minimum absolute atomic E-state index is 0.0927. The van der Waals surface area contributed by atoms with Gasteiger partial charge in [0.25, 0.3) is 5.91 Å². The highest BCUT2D eigenvalue weighted by atomic mass is 16.5. The molecular formula is C18H22N4O2. The van der Waals surface area contributed by atoms with Crippen LogP contribution in [0.3, 0.4) is 0 Å². The molecule has 4 rings (SSSR count). The zero-order valence-corrected chi connectivity index (χ0v) is 14.1. The van der Waals surface area contributed by atoms with E-state index in [4.69, 9.17) is 4.74 Å². The Labute approximate surface area is 141 Å². The van der Waals surface area contributed by atoms with Gasteiger partial charge in [-0.3, -0.25) is 14.5 Å². The molecule has 2 aromatic heterocycles. The van der Waals surface area contributed by atoms with Gasteiger partial charge in [0, 0.05) is 37.9 Å². The second kappa shape index (κ2) is 5.92. The number of rotatable bonds is 3. The average molecular weight is 326 g/mol. The van der Waals surface area contributed by atoms with Crippen molar-refractivity contribution in [1.29, 1.82) is 0 Å². The highest BCUT2D eigenvalue weighted by Gasteiger charge is 2.45. The molecule has 1 amide bonds. The molecule has 6 heteroatoms. The summed E-state index contributed by atoms with van der Waals surface area (Å²) in [5, 5.41) is 4.19. The third-order valence-electron chi connectivity index (χ3n) is 5.47. The number of amides is 1. The molecule has 0 bridgehead atoms. The van der Waals surface area contributed by atoms with Crippen LogP contribution in [0.15, 0.2) is 30.7 Å². The third kappa shape index (κ3) is 2.56. The molecular weight excluding hydrogens is 304 g/mol. The van der Waals surface area contributed by atoms with Crippen LogP contribution >= 0.6 is 0 Å². The summed E-state index contributed by atoms with van der Waals surface area (Å²) in [6, 6.07) is 3.83. The van der Waals surface area contributed by atoms with Crippen LogP contribution in [-0.4, -0.2) is 44.8 Å². The number of aromatic nitrogens is 3. The van der Waals surface area contributed by atoms with E-state index in [1.54, 1.807) is 23.3 Å². The molecule has 126 valence electrons. The Kier molecular flexibility index (Phi) is 3.75. The molecule has 0 spiro atoms. The molecule has 1 saturated carbocycles. The van der Waals surface area contributed by atoms with Gasteiger partial charge in [0.1, 0.15) is 11.9 Å². The molecule has 0 radical (unpaired) electrons. The fourth-order valence-electron chi connectivity index (χ4n) is 4.00. The number of ether oxygens (including phenoxy) is 1. The van der Waals surface area contributed by atoms with Crippen molar-refractivity contribution in [2.24, 2.45) is 18.9 Å². The van der Waals surface area contributed by atoms with Gasteiger partial charge in [-0.25, -0.2) is 0 Å². The van der Waals surface area contributed by atoms with Gasteiger partial charge in [0.2, 0.25) is 0 Å². The van der Waals surface area contributed by atoms with Crippen molar-refractivity contribution in [3.05, 3.63) is 42.0 Å². The van der Waals surface area contributed by atoms with Crippen molar-refractivity contribution in [2.45, 2.75) is 25.9 Å². The van der Waals surface area contributed by atoms with Gasteiger partial charge >= 0.3 is 0 Å². The summed E-state index contributed by atoms with van der Waals surface area (Å²) < 4.78 is 7.88. The number of pyridine rings is 1. The maximum atomic E-state index is 12.8. The summed E-state index contributed by atoms with van der Waals surface area (Å²) in [6.45, 7) is 3.53. The fraction of sp³-hybridized carbons (Fsp3) is 0.500. The molecule has 1 saturated heterocycles. The number of carbonyl (C=O) groups excluding carboxylic acids is 1. The molecule has 1 aliphatic heterocycles. The number of carbonyl (C=O) groups is 1. The van der Waals surface area contributed by atoms with Crippen molar-refractivity contribution in [1.82, 2.24) is 19.7 Å². The van der Waals surface area contributed by atoms with E-state index in [2.05, 4.69) is 10.1 Å². The topological polar surface area (TPSA) is 60.3 Å². The van der Waals surface area contributed by atoms with E-state index in [1.165, 1.54) is 0 Å². The first-order valence-electron chi connectivity index (χ1n) is 8.48. The molecule has 24 heavy (non-hydrogen) atoms. The normalized spacial score (nSPS) is 25.8. The van der Waals surface area contributed by atoms with E-state index >= 15 is 0 Å². The van der Waals surface area contributed by atoms with Gasteiger partial charge < -0.3 is 9.64 Å². The summed E-state index contributed by atoms with van der Waals surface area (Å²) >= 11 is 0. The maximum absolute atomic E-state index is 12.8. The van der Waals surface area contributed by atoms with Crippen LogP contribution in [0, 0.1) is 18.8 Å². The van der Waals surface area contributed by atoms with E-state index in [1.807, 2.05) is 31.0 Å². The van der Waals surface area contributed by atoms with Gasteiger partial charge in [0.15, 0.2) is 0 Å². The molecule has 0 aromatic carbocycles. The standard InChI is InChI=1S/C18H22N4O2/c1-12-15(9-20-21(12)2)18(23)22-10-13-5-6-17(16(13)11-22)24-14-4-3-7-19-8-14/h3-4,7-9,13,16-17H,5-6,10-11H2,1-2H3/t13-,16+,17-/m1/s1. The molecule has 2 aromatic rings. The molecule has 2 aliphatic rings. The lowest BCUT2D eigenvalue weighted by Crippen LogP contribution is -2.32. The summed E-state index contributed by atoms with van der Waals surface area (Å²) in [7, 11) is 1.86. The van der Waals surface area contributed by atoms with E-state index < -0.39 is 0 Å². The van der Waals surface area contributed by atoms with Crippen molar-refractivity contribution < 1.29 is 9.53 Å². The minimum Gasteiger partial charge on any atom is -0.488 e. The lowest BCUT2D eigenvalue weighted by Gasteiger charge is -2.22. The number of likely N-dealkylation sites (tertiary alicyclic amines) is 1. The lowest BCUT2D eigenvalue weighted by atomic mass is 9.99. The molecule has 2 fully saturated rings. The molecule has 3 heterocycles. The van der Waals surface area contributed by atoms with Gasteiger partial charge in [-0.2, -0.15) is 5.10 Å². The molecule has 0 unspecified atom stereocenters. The number of fused-ring (bicyclic) bond motifs is 1. The summed E-state index contributed by atoms with van der Waals surface area (Å²) in [5.74, 6) is 1.85. The number of aryl methyl sites for hydroxylation is 1. The van der Waals surface area contributed by atoms with Crippen molar-refractivity contribution in [2.75, 3.05) is 13.1 Å². The van der Waals surface area contributed by atoms with E-state index in [9.17, 15) is 4.79 Å². The average Bonchev–Trinajstić information content (AvgIpc) is 3.26. The highest BCUT2D eigenvalue weighted by molar-refractivity contribution is 5.95. The third-order valence-corrected chi connectivity index (χ3v) is 5.47. The van der Waals surface area contributed by atoms with Crippen LogP contribution < -0.4 is 4.74 Å². The summed E-state index contributed by atoms with van der Waals surface area (Å²) in [4.78, 5) is 18.9. The Hall–Kier alpha value is -2.37. The Morgan fingerprint density at radius 2 is 2.17 bits per heavy atom. The number of hydrogen-bond donors (Lipinski definition) is 0. The molecule has 1 aliphatic carbocycles. The molecule has 3 atom stereocenters. The Morgan fingerprint density at radius 3 is 2.88 bits per heavy atom. The van der Waals surface area contributed by atoms with Gasteiger partial charge in [0.05, 0.1) is 18.0 Å². The minimum atomic E-state index is 0.0927. The summed E-state index contributed by atoms with van der Waals surface area (Å²) in [5.41, 5.74) is 1.63. The van der Waals surface area contributed by atoms with E-state index in [0.29, 0.717) is 17.4 Å². The Morgan fingerprint density at radius 1 is 1.29 bits per heavy atom. The first kappa shape index (κ1) is 15.2. The monoisotopic (exact) mass is 326 g/mol. The maximum Gasteiger partial charge on any atom is 0.257 e. The van der Waals surface area contributed by atoms with Gasteiger partial charge in [-0.1, -0.05) is 0 Å². The first-order valence-corrected chi connectivity index (χ1v) is 8.48. The van der Waals surface area contributed by atoms with E-state index in [-0.39, 0.29) is 12.0 Å². The highest BCUT2D eigenvalue weighted by Crippen LogP contribution is 2.40. The smallest absolute Gasteiger partial charge is 0.257 e. The predicted molar refractivity (Wildman–Crippen MR) is 88.7 cm³/mol. The number of hydrogen-bond acceptors (Lipinski definition) is 4. The van der Waals surface area contributed by atoms with Crippen LogP contribution in [0.1, 0.15) is 28.9 Å². The fourth-order valence-corrected chi connectivity index (χ4v) is 4.00. The van der Waals surface area contributed by atoms with Crippen LogP contribution in [0.4, 0.5) is 0 Å². The lowest BCUT2D eigenvalue weighted by molar-refractivity contribution is 0.0761. The van der Waals surface area contributed by atoms with Crippen LogP contribution in [0.25, 0.3) is 0 Å². The Bertz CT molecular complexity index is 743. The van der Waals surface area contributed by atoms with Crippen LogP contribution in [0.2, 0.25) is 0 Å². The van der Waals surface area contributed by atoms with Gasteiger partial charge in [-0.05, 0) is 37.8 Å².